The van der Waals surface area contributed by atoms with Gasteiger partial charge in [-0.25, -0.2) is 0 Å². The van der Waals surface area contributed by atoms with E-state index in [4.69, 9.17) is 23.2 Å². The fourth-order valence-electron chi connectivity index (χ4n) is 1.69. The van der Waals surface area contributed by atoms with Crippen LogP contribution in [0.25, 0.3) is 0 Å². The van der Waals surface area contributed by atoms with Crippen LogP contribution < -0.4 is 0 Å². The SMILES string of the molecule is Cc1cc(C)c(CC(Cl)Cl)c(C)c1. The minimum atomic E-state index is -0.305. The third-order valence-electron chi connectivity index (χ3n) is 2.20. The summed E-state index contributed by atoms with van der Waals surface area (Å²) in [5.74, 6) is 0. The van der Waals surface area contributed by atoms with E-state index in [2.05, 4.69) is 32.9 Å². The molecule has 1 aromatic carbocycles. The molecule has 0 bridgehead atoms. The van der Waals surface area contributed by atoms with Crippen molar-refractivity contribution in [3.05, 3.63) is 34.4 Å². The van der Waals surface area contributed by atoms with E-state index in [0.29, 0.717) is 0 Å². The molecule has 0 nitrogen and oxygen atoms in total. The molecule has 72 valence electrons. The van der Waals surface area contributed by atoms with Gasteiger partial charge in [0.1, 0.15) is 4.84 Å². The maximum absolute atomic E-state index is 5.76. The number of alkyl halides is 2. The number of hydrogen-bond acceptors (Lipinski definition) is 0. The van der Waals surface area contributed by atoms with Gasteiger partial charge < -0.3 is 0 Å². The van der Waals surface area contributed by atoms with Crippen LogP contribution in [0.4, 0.5) is 0 Å². The predicted octanol–water partition coefficient (Wildman–Crippen LogP) is 3.96. The van der Waals surface area contributed by atoms with Crippen molar-refractivity contribution < 1.29 is 0 Å². The van der Waals surface area contributed by atoms with Crippen LogP contribution in [0.5, 0.6) is 0 Å². The van der Waals surface area contributed by atoms with E-state index >= 15 is 0 Å². The van der Waals surface area contributed by atoms with Gasteiger partial charge in [-0.15, -0.1) is 23.2 Å². The minimum absolute atomic E-state index is 0.305. The lowest BCUT2D eigenvalue weighted by molar-refractivity contribution is 1.04. The van der Waals surface area contributed by atoms with Crippen LogP contribution in [0.15, 0.2) is 12.1 Å². The van der Waals surface area contributed by atoms with E-state index < -0.39 is 0 Å². The van der Waals surface area contributed by atoms with E-state index in [9.17, 15) is 0 Å². The van der Waals surface area contributed by atoms with Gasteiger partial charge in [0, 0.05) is 6.42 Å². The monoisotopic (exact) mass is 216 g/mol. The molecule has 1 rings (SSSR count). The van der Waals surface area contributed by atoms with Gasteiger partial charge in [-0.2, -0.15) is 0 Å². The molecule has 0 aliphatic rings. The highest BCUT2D eigenvalue weighted by molar-refractivity contribution is 6.44. The van der Waals surface area contributed by atoms with E-state index in [1.165, 1.54) is 22.3 Å². The molecule has 0 atom stereocenters. The van der Waals surface area contributed by atoms with Crippen LogP contribution >= 0.6 is 23.2 Å². The smallest absolute Gasteiger partial charge is 0.105 e. The molecule has 0 aliphatic carbocycles. The number of halogens is 2. The topological polar surface area (TPSA) is 0 Å². The zero-order chi connectivity index (χ0) is 10.0. The lowest BCUT2D eigenvalue weighted by atomic mass is 9.98. The van der Waals surface area contributed by atoms with Gasteiger partial charge >= 0.3 is 0 Å². The normalized spacial score (nSPS) is 10.9. The summed E-state index contributed by atoms with van der Waals surface area (Å²) in [6, 6.07) is 4.33. The van der Waals surface area contributed by atoms with Crippen LogP contribution in [0.1, 0.15) is 22.3 Å². The van der Waals surface area contributed by atoms with Gasteiger partial charge in [0.05, 0.1) is 0 Å². The third-order valence-corrected chi connectivity index (χ3v) is 2.51. The summed E-state index contributed by atoms with van der Waals surface area (Å²) in [7, 11) is 0. The van der Waals surface area contributed by atoms with E-state index in [1.54, 1.807) is 0 Å². The molecule has 0 saturated carbocycles. The van der Waals surface area contributed by atoms with Crippen molar-refractivity contribution in [1.29, 1.82) is 0 Å². The summed E-state index contributed by atoms with van der Waals surface area (Å²) in [5, 5.41) is 0. The fraction of sp³-hybridized carbons (Fsp3) is 0.455. The van der Waals surface area contributed by atoms with Crippen molar-refractivity contribution in [3.8, 4) is 0 Å². The molecule has 1 aromatic rings. The maximum Gasteiger partial charge on any atom is 0.111 e. The summed E-state index contributed by atoms with van der Waals surface area (Å²) >= 11 is 11.5. The number of hydrogen-bond donors (Lipinski definition) is 0. The summed E-state index contributed by atoms with van der Waals surface area (Å²) in [4.78, 5) is -0.305. The van der Waals surface area contributed by atoms with Crippen molar-refractivity contribution in [2.24, 2.45) is 0 Å². The van der Waals surface area contributed by atoms with Crippen molar-refractivity contribution in [3.63, 3.8) is 0 Å². The number of rotatable bonds is 2. The largest absolute Gasteiger partial charge is 0.111 e. The first kappa shape index (κ1) is 10.9. The molecule has 0 fully saturated rings. The molecule has 0 aliphatic heterocycles. The van der Waals surface area contributed by atoms with Crippen LogP contribution in [-0.4, -0.2) is 4.84 Å². The molecule has 0 N–H and O–H groups in total. The van der Waals surface area contributed by atoms with Crippen molar-refractivity contribution in [2.75, 3.05) is 0 Å². The molecule has 0 unspecified atom stereocenters. The van der Waals surface area contributed by atoms with Gasteiger partial charge in [0.25, 0.3) is 0 Å². The molecule has 0 radical (unpaired) electrons. The van der Waals surface area contributed by atoms with Crippen LogP contribution in [0.3, 0.4) is 0 Å². The molecule has 13 heavy (non-hydrogen) atoms. The average molecular weight is 217 g/mol. The predicted molar refractivity (Wildman–Crippen MR) is 59.9 cm³/mol. The second kappa shape index (κ2) is 4.34. The van der Waals surface area contributed by atoms with Crippen molar-refractivity contribution in [1.82, 2.24) is 0 Å². The molecule has 2 heteroatoms. The van der Waals surface area contributed by atoms with Crippen molar-refractivity contribution in [2.45, 2.75) is 32.0 Å². The van der Waals surface area contributed by atoms with Gasteiger partial charge in [-0.3, -0.25) is 0 Å². The van der Waals surface area contributed by atoms with Crippen LogP contribution in [0, 0.1) is 20.8 Å². The Balaban J connectivity index is 3.06. The Bertz CT molecular complexity index is 280. The Morgan fingerprint density at radius 2 is 1.54 bits per heavy atom. The molecule has 0 heterocycles. The summed E-state index contributed by atoms with van der Waals surface area (Å²) in [6.07, 6.45) is 0.737. The highest BCUT2D eigenvalue weighted by Crippen LogP contribution is 2.20. The summed E-state index contributed by atoms with van der Waals surface area (Å²) in [6.45, 7) is 6.31. The second-order valence-electron chi connectivity index (χ2n) is 3.47. The highest BCUT2D eigenvalue weighted by atomic mass is 35.5. The Hall–Kier alpha value is -0.200. The molecule has 0 amide bonds. The highest BCUT2D eigenvalue weighted by Gasteiger charge is 2.07. The molecule has 0 saturated heterocycles. The first-order valence-corrected chi connectivity index (χ1v) is 5.23. The molecular weight excluding hydrogens is 203 g/mol. The zero-order valence-electron chi connectivity index (χ0n) is 8.20. The number of benzene rings is 1. The lowest BCUT2D eigenvalue weighted by Gasteiger charge is -2.11. The maximum atomic E-state index is 5.76. The standard InChI is InChI=1S/C11H14Cl2/c1-7-4-8(2)10(6-11(12)13)9(3)5-7/h4-5,11H,6H2,1-3H3. The van der Waals surface area contributed by atoms with E-state index in [1.807, 2.05) is 0 Å². The Morgan fingerprint density at radius 3 is 1.92 bits per heavy atom. The summed E-state index contributed by atoms with van der Waals surface area (Å²) in [5.41, 5.74) is 5.13. The van der Waals surface area contributed by atoms with Gasteiger partial charge in [-0.05, 0) is 37.5 Å². The quantitative estimate of drug-likeness (QED) is 0.658. The van der Waals surface area contributed by atoms with Gasteiger partial charge in [0.2, 0.25) is 0 Å². The minimum Gasteiger partial charge on any atom is -0.105 e. The van der Waals surface area contributed by atoms with E-state index in [0.717, 1.165) is 6.42 Å². The van der Waals surface area contributed by atoms with Gasteiger partial charge in [-0.1, -0.05) is 17.7 Å². The van der Waals surface area contributed by atoms with Gasteiger partial charge in [0.15, 0.2) is 0 Å². The first-order valence-electron chi connectivity index (χ1n) is 4.35. The molecular formula is C11H14Cl2. The average Bonchev–Trinajstić information content (AvgIpc) is 1.96. The Kier molecular flexibility index (Phi) is 3.63. The Morgan fingerprint density at radius 1 is 1.08 bits per heavy atom. The third kappa shape index (κ3) is 2.89. The first-order chi connectivity index (χ1) is 6.00. The van der Waals surface area contributed by atoms with Crippen LogP contribution in [-0.2, 0) is 6.42 Å². The molecule has 0 aromatic heterocycles. The van der Waals surface area contributed by atoms with E-state index in [-0.39, 0.29) is 4.84 Å². The Labute approximate surface area is 89.9 Å². The van der Waals surface area contributed by atoms with Crippen molar-refractivity contribution >= 4 is 23.2 Å². The van der Waals surface area contributed by atoms with Crippen LogP contribution in [0.2, 0.25) is 0 Å². The second-order valence-corrected chi connectivity index (χ2v) is 4.75. The zero-order valence-corrected chi connectivity index (χ0v) is 9.71. The summed E-state index contributed by atoms with van der Waals surface area (Å²) < 4.78 is 0. The lowest BCUT2D eigenvalue weighted by Crippen LogP contribution is -2.00. The molecule has 0 spiro atoms. The number of aryl methyl sites for hydroxylation is 3. The fourth-order valence-corrected chi connectivity index (χ4v) is 1.99.